The molecule has 0 fully saturated rings. The Labute approximate surface area is 140 Å². The van der Waals surface area contributed by atoms with E-state index < -0.39 is 5.82 Å². The van der Waals surface area contributed by atoms with Crippen molar-refractivity contribution in [2.75, 3.05) is 19.0 Å². The molecule has 0 saturated heterocycles. The van der Waals surface area contributed by atoms with E-state index in [9.17, 15) is 9.18 Å². The third-order valence-electron chi connectivity index (χ3n) is 3.37. The molecule has 4 nitrogen and oxygen atoms in total. The van der Waals surface area contributed by atoms with Crippen molar-refractivity contribution in [3.05, 3.63) is 59.4 Å². The average molecular weight is 329 g/mol. The number of hydrogen-bond donors (Lipinski definition) is 1. The maximum absolute atomic E-state index is 13.2. The van der Waals surface area contributed by atoms with Crippen LogP contribution in [0.5, 0.6) is 11.5 Å². The van der Waals surface area contributed by atoms with Gasteiger partial charge in [0.1, 0.15) is 5.82 Å². The minimum Gasteiger partial charge on any atom is -0.493 e. The summed E-state index contributed by atoms with van der Waals surface area (Å²) in [6, 6.07) is 9.66. The smallest absolute Gasteiger partial charge is 0.248 e. The van der Waals surface area contributed by atoms with Gasteiger partial charge in [-0.15, -0.1) is 0 Å². The van der Waals surface area contributed by atoms with Crippen molar-refractivity contribution >= 4 is 17.7 Å². The van der Waals surface area contributed by atoms with Crippen LogP contribution in [0.2, 0.25) is 0 Å². The number of nitrogens with one attached hydrogen (secondary N) is 1. The summed E-state index contributed by atoms with van der Waals surface area (Å²) in [5, 5.41) is 2.66. The van der Waals surface area contributed by atoms with Gasteiger partial charge in [0.05, 0.1) is 13.7 Å². The zero-order valence-electron chi connectivity index (χ0n) is 13.9. The van der Waals surface area contributed by atoms with Gasteiger partial charge in [-0.1, -0.05) is 12.1 Å². The molecule has 0 unspecified atom stereocenters. The number of benzene rings is 2. The van der Waals surface area contributed by atoms with Crippen molar-refractivity contribution < 1.29 is 18.7 Å². The predicted octanol–water partition coefficient (Wildman–Crippen LogP) is 4.19. The molecule has 0 aliphatic rings. The molecule has 0 radical (unpaired) electrons. The topological polar surface area (TPSA) is 47.6 Å². The third-order valence-corrected chi connectivity index (χ3v) is 3.37. The molecule has 24 heavy (non-hydrogen) atoms. The number of rotatable bonds is 6. The molecule has 5 heteroatoms. The first-order valence-electron chi connectivity index (χ1n) is 7.59. The van der Waals surface area contributed by atoms with Crippen LogP contribution in [0, 0.1) is 12.7 Å². The van der Waals surface area contributed by atoms with Gasteiger partial charge >= 0.3 is 0 Å². The Balaban J connectivity index is 2.09. The summed E-state index contributed by atoms with van der Waals surface area (Å²) >= 11 is 0. The van der Waals surface area contributed by atoms with Crippen molar-refractivity contribution in [3.8, 4) is 11.5 Å². The zero-order valence-corrected chi connectivity index (χ0v) is 13.9. The van der Waals surface area contributed by atoms with Gasteiger partial charge in [0, 0.05) is 11.8 Å². The van der Waals surface area contributed by atoms with Crippen molar-refractivity contribution in [2.24, 2.45) is 0 Å². The van der Waals surface area contributed by atoms with Crippen LogP contribution in [0.15, 0.2) is 42.5 Å². The molecule has 1 amide bonds. The molecule has 2 rings (SSSR count). The second-order valence-corrected chi connectivity index (χ2v) is 5.13. The lowest BCUT2D eigenvalue weighted by atomic mass is 10.1. The lowest BCUT2D eigenvalue weighted by Crippen LogP contribution is -2.09. The third kappa shape index (κ3) is 4.59. The predicted molar refractivity (Wildman–Crippen MR) is 93.0 cm³/mol. The van der Waals surface area contributed by atoms with Gasteiger partial charge in [0.2, 0.25) is 5.91 Å². The van der Waals surface area contributed by atoms with Crippen molar-refractivity contribution in [2.45, 2.75) is 13.8 Å². The maximum Gasteiger partial charge on any atom is 0.248 e. The highest BCUT2D eigenvalue weighted by atomic mass is 19.1. The van der Waals surface area contributed by atoms with Gasteiger partial charge in [-0.2, -0.15) is 0 Å². The highest BCUT2D eigenvalue weighted by Gasteiger charge is 2.05. The first-order valence-corrected chi connectivity index (χ1v) is 7.59. The molecule has 2 aromatic rings. The second kappa shape index (κ2) is 8.15. The van der Waals surface area contributed by atoms with Gasteiger partial charge in [-0.25, -0.2) is 4.39 Å². The summed E-state index contributed by atoms with van der Waals surface area (Å²) in [5.41, 5.74) is 2.04. The second-order valence-electron chi connectivity index (χ2n) is 5.13. The summed E-state index contributed by atoms with van der Waals surface area (Å²) in [6.45, 7) is 4.24. The Morgan fingerprint density at radius 1 is 1.21 bits per heavy atom. The number of amides is 1. The van der Waals surface area contributed by atoms with Crippen LogP contribution in [0.3, 0.4) is 0 Å². The van der Waals surface area contributed by atoms with E-state index in [4.69, 9.17) is 9.47 Å². The summed E-state index contributed by atoms with van der Waals surface area (Å²) in [7, 11) is 1.56. The van der Waals surface area contributed by atoms with Crippen LogP contribution in [0.25, 0.3) is 6.08 Å². The molecule has 0 aliphatic carbocycles. The van der Waals surface area contributed by atoms with Crippen LogP contribution in [-0.4, -0.2) is 19.6 Å². The molecule has 0 atom stereocenters. The molecule has 0 spiro atoms. The molecule has 0 bridgehead atoms. The van der Waals surface area contributed by atoms with E-state index in [1.54, 1.807) is 38.3 Å². The molecule has 0 aliphatic heterocycles. The first kappa shape index (κ1) is 17.5. The monoisotopic (exact) mass is 329 g/mol. The first-order chi connectivity index (χ1) is 11.5. The number of methoxy groups -OCH3 is 1. The van der Waals surface area contributed by atoms with Crippen LogP contribution in [-0.2, 0) is 4.79 Å². The van der Waals surface area contributed by atoms with Crippen LogP contribution < -0.4 is 14.8 Å². The summed E-state index contributed by atoms with van der Waals surface area (Å²) < 4.78 is 24.0. The molecular weight excluding hydrogens is 309 g/mol. The fraction of sp³-hybridized carbons (Fsp3) is 0.211. The van der Waals surface area contributed by atoms with Crippen molar-refractivity contribution in [3.63, 3.8) is 0 Å². The number of hydrogen-bond acceptors (Lipinski definition) is 3. The number of halogens is 1. The van der Waals surface area contributed by atoms with E-state index in [2.05, 4.69) is 5.32 Å². The van der Waals surface area contributed by atoms with E-state index in [1.807, 2.05) is 13.0 Å². The van der Waals surface area contributed by atoms with Crippen molar-refractivity contribution in [1.29, 1.82) is 0 Å². The lowest BCUT2D eigenvalue weighted by molar-refractivity contribution is -0.111. The molecule has 1 N–H and O–H groups in total. The lowest BCUT2D eigenvalue weighted by Gasteiger charge is -2.09. The Bertz CT molecular complexity index is 756. The van der Waals surface area contributed by atoms with E-state index in [-0.39, 0.29) is 5.91 Å². The number of carbonyl (C=O) groups excluding carboxylic acids is 1. The number of carbonyl (C=O) groups is 1. The van der Waals surface area contributed by atoms with Crippen LogP contribution in [0.4, 0.5) is 10.1 Å². The summed E-state index contributed by atoms with van der Waals surface area (Å²) in [4.78, 5) is 12.0. The van der Waals surface area contributed by atoms with Gasteiger partial charge in [-0.3, -0.25) is 4.79 Å². The molecule has 0 saturated carbocycles. The SMILES string of the molecule is CCOc1ccc(/C=C/C(=O)Nc2cc(F)ccc2C)cc1OC. The van der Waals surface area contributed by atoms with E-state index >= 15 is 0 Å². The van der Waals surface area contributed by atoms with Gasteiger partial charge in [0.25, 0.3) is 0 Å². The van der Waals surface area contributed by atoms with Gasteiger partial charge in [0.15, 0.2) is 11.5 Å². The average Bonchev–Trinajstić information content (AvgIpc) is 2.57. The molecule has 0 heterocycles. The maximum atomic E-state index is 13.2. The largest absolute Gasteiger partial charge is 0.493 e. The molecule has 0 aromatic heterocycles. The Hall–Kier alpha value is -2.82. The van der Waals surface area contributed by atoms with Gasteiger partial charge < -0.3 is 14.8 Å². The molecular formula is C19H20FNO3. The van der Waals surface area contributed by atoms with E-state index in [0.717, 1.165) is 11.1 Å². The van der Waals surface area contributed by atoms with E-state index in [1.165, 1.54) is 18.2 Å². The standard InChI is InChI=1S/C19H20FNO3/c1-4-24-17-9-6-14(11-18(17)23-3)7-10-19(22)21-16-12-15(20)8-5-13(16)2/h5-12H,4H2,1-3H3,(H,21,22)/b10-7+. The zero-order chi connectivity index (χ0) is 17.5. The Morgan fingerprint density at radius 3 is 2.71 bits per heavy atom. The van der Waals surface area contributed by atoms with Gasteiger partial charge in [-0.05, 0) is 55.3 Å². The Morgan fingerprint density at radius 2 is 2.00 bits per heavy atom. The van der Waals surface area contributed by atoms with Crippen LogP contribution in [0.1, 0.15) is 18.1 Å². The highest BCUT2D eigenvalue weighted by Crippen LogP contribution is 2.28. The quantitative estimate of drug-likeness (QED) is 0.808. The fourth-order valence-corrected chi connectivity index (χ4v) is 2.14. The van der Waals surface area contributed by atoms with Crippen LogP contribution >= 0.6 is 0 Å². The summed E-state index contributed by atoms with van der Waals surface area (Å²) in [5.74, 6) is 0.519. The van der Waals surface area contributed by atoms with Crippen molar-refractivity contribution in [1.82, 2.24) is 0 Å². The summed E-state index contributed by atoms with van der Waals surface area (Å²) in [6.07, 6.45) is 3.04. The number of aryl methyl sites for hydroxylation is 1. The number of anilines is 1. The normalized spacial score (nSPS) is 10.7. The minimum atomic E-state index is -0.392. The molecule has 2 aromatic carbocycles. The number of ether oxygens (including phenoxy) is 2. The molecule has 126 valence electrons. The fourth-order valence-electron chi connectivity index (χ4n) is 2.14. The highest BCUT2D eigenvalue weighted by molar-refractivity contribution is 6.02. The minimum absolute atomic E-state index is 0.337. The Kier molecular flexibility index (Phi) is 5.95. The van der Waals surface area contributed by atoms with E-state index in [0.29, 0.717) is 23.8 Å².